The molecule has 192 valence electrons. The van der Waals surface area contributed by atoms with E-state index in [4.69, 9.17) is 9.47 Å². The number of hydrogen-bond acceptors (Lipinski definition) is 4. The lowest BCUT2D eigenvalue weighted by atomic mass is 9.87. The smallest absolute Gasteiger partial charge is 0.198 e. The molecule has 2 unspecified atom stereocenters. The molecule has 0 aliphatic carbocycles. The molecule has 4 aromatic carbocycles. The van der Waals surface area contributed by atoms with Crippen LogP contribution < -0.4 is 0 Å². The van der Waals surface area contributed by atoms with Gasteiger partial charge in [0.1, 0.15) is 0 Å². The highest BCUT2D eigenvalue weighted by molar-refractivity contribution is 6.03. The van der Waals surface area contributed by atoms with Gasteiger partial charge in [-0.1, -0.05) is 121 Å². The predicted octanol–water partition coefficient (Wildman–Crippen LogP) is 6.04. The molecule has 2 atom stereocenters. The number of carbonyl (C=O) groups excluding carboxylic acids is 2. The second-order valence-electron chi connectivity index (χ2n) is 8.60. The van der Waals surface area contributed by atoms with Gasteiger partial charge in [0.05, 0.1) is 0 Å². The summed E-state index contributed by atoms with van der Waals surface area (Å²) in [4.78, 5) is 25.1. The van der Waals surface area contributed by atoms with E-state index in [1.807, 2.05) is 121 Å². The van der Waals surface area contributed by atoms with Crippen LogP contribution in [0.15, 0.2) is 121 Å². The summed E-state index contributed by atoms with van der Waals surface area (Å²) in [7, 11) is 3.13. The molecule has 0 aromatic heterocycles. The fraction of sp³-hybridized carbons (Fsp3) is 0.188. The summed E-state index contributed by atoms with van der Waals surface area (Å²) in [5.41, 5.74) is 1.16. The fourth-order valence-corrected chi connectivity index (χ4v) is 3.93. The van der Waals surface area contributed by atoms with E-state index in [0.29, 0.717) is 11.1 Å². The average molecular weight is 499 g/mol. The highest BCUT2D eigenvalue weighted by Gasteiger charge is 2.36. The van der Waals surface area contributed by atoms with E-state index in [-0.39, 0.29) is 17.0 Å². The molecule has 0 aliphatic heterocycles. The van der Waals surface area contributed by atoms with Crippen molar-refractivity contribution in [2.75, 3.05) is 14.2 Å². The largest absolute Gasteiger partial charge is 0.412 e. The number of ketones is 2. The third-order valence-corrected chi connectivity index (χ3v) is 6.40. The number of hydrogen-bond donors (Lipinski definition) is 0. The monoisotopic (exact) mass is 498 g/mol. The molecule has 37 heavy (non-hydrogen) atoms. The van der Waals surface area contributed by atoms with Crippen LogP contribution in [0.25, 0.3) is 0 Å². The first kappa shape index (κ1) is 29.3. The van der Waals surface area contributed by atoms with E-state index in [1.165, 1.54) is 0 Å². The molecule has 0 spiro atoms. The molecule has 4 rings (SSSR count). The summed E-state index contributed by atoms with van der Waals surface area (Å²) in [6.45, 7) is 3.61. The van der Waals surface area contributed by atoms with Crippen molar-refractivity contribution < 1.29 is 24.5 Å². The molecule has 2 N–H and O–H groups in total. The molecule has 0 fully saturated rings. The molecule has 0 saturated carbocycles. The van der Waals surface area contributed by atoms with E-state index in [0.717, 1.165) is 11.1 Å². The Kier molecular flexibility index (Phi) is 10.6. The van der Waals surface area contributed by atoms with Gasteiger partial charge in [0.2, 0.25) is 0 Å². The lowest BCUT2D eigenvalue weighted by molar-refractivity contribution is 0.0101. The number of ether oxygens (including phenoxy) is 2. The van der Waals surface area contributed by atoms with Crippen molar-refractivity contribution in [3.05, 3.63) is 144 Å². The highest BCUT2D eigenvalue weighted by atomic mass is 16.5. The summed E-state index contributed by atoms with van der Waals surface area (Å²) in [6.07, 6.45) is 0. The normalized spacial score (nSPS) is 13.5. The summed E-state index contributed by atoms with van der Waals surface area (Å²) >= 11 is 0. The van der Waals surface area contributed by atoms with E-state index < -0.39 is 11.2 Å². The second kappa shape index (κ2) is 13.4. The zero-order chi connectivity index (χ0) is 26.0. The Morgan fingerprint density at radius 2 is 0.730 bits per heavy atom. The minimum atomic E-state index is -0.942. The van der Waals surface area contributed by atoms with E-state index in [2.05, 4.69) is 0 Å². The maximum Gasteiger partial charge on any atom is 0.198 e. The van der Waals surface area contributed by atoms with E-state index in [9.17, 15) is 9.59 Å². The number of carbonyl (C=O) groups is 2. The van der Waals surface area contributed by atoms with Gasteiger partial charge in [0.15, 0.2) is 22.8 Å². The van der Waals surface area contributed by atoms with Crippen LogP contribution in [-0.4, -0.2) is 31.3 Å². The van der Waals surface area contributed by atoms with Crippen LogP contribution in [-0.2, 0) is 20.7 Å². The highest BCUT2D eigenvalue weighted by Crippen LogP contribution is 2.29. The first-order valence-electron chi connectivity index (χ1n) is 11.8. The van der Waals surface area contributed by atoms with Crippen molar-refractivity contribution in [1.29, 1.82) is 0 Å². The summed E-state index contributed by atoms with van der Waals surface area (Å²) < 4.78 is 11.0. The molecule has 0 aliphatic rings. The maximum absolute atomic E-state index is 12.6. The summed E-state index contributed by atoms with van der Waals surface area (Å²) in [5, 5.41) is 0. The van der Waals surface area contributed by atoms with Gasteiger partial charge in [-0.2, -0.15) is 0 Å². The van der Waals surface area contributed by atoms with Crippen molar-refractivity contribution in [1.82, 2.24) is 0 Å². The van der Waals surface area contributed by atoms with Crippen molar-refractivity contribution >= 4 is 11.6 Å². The Bertz CT molecular complexity index is 1140. The first-order valence-corrected chi connectivity index (χ1v) is 11.8. The summed E-state index contributed by atoms with van der Waals surface area (Å²) in [5.74, 6) is -0.0615. The molecule has 0 heterocycles. The Hall–Kier alpha value is -3.90. The van der Waals surface area contributed by atoms with Crippen LogP contribution in [0.2, 0.25) is 0 Å². The number of Topliss-reactive ketones (excluding diaryl/α,β-unsaturated/α-hetero) is 2. The minimum Gasteiger partial charge on any atom is -0.412 e. The van der Waals surface area contributed by atoms with Gasteiger partial charge < -0.3 is 14.9 Å². The Morgan fingerprint density at radius 1 is 0.486 bits per heavy atom. The van der Waals surface area contributed by atoms with E-state index in [1.54, 1.807) is 28.1 Å². The Morgan fingerprint density at radius 3 is 0.973 bits per heavy atom. The van der Waals surface area contributed by atoms with Crippen LogP contribution in [0.4, 0.5) is 0 Å². The standard InChI is InChI=1S/2C16H16O2.H2O/c2*1-16(18-2,14-11-7-4-8-12-14)15(17)13-9-5-3-6-10-13;/h2*3-12H,1-2H3;1H2. The molecule has 0 bridgehead atoms. The SMILES string of the molecule is COC(C)(C(=O)c1ccccc1)c1ccccc1.COC(C)(C(=O)c1ccccc1)c1ccccc1.O. The lowest BCUT2D eigenvalue weighted by Crippen LogP contribution is -2.34. The van der Waals surface area contributed by atoms with Gasteiger partial charge in [-0.15, -0.1) is 0 Å². The van der Waals surface area contributed by atoms with Crippen molar-refractivity contribution in [3.63, 3.8) is 0 Å². The van der Waals surface area contributed by atoms with Gasteiger partial charge >= 0.3 is 0 Å². The summed E-state index contributed by atoms with van der Waals surface area (Å²) in [6, 6.07) is 37.5. The van der Waals surface area contributed by atoms with Crippen molar-refractivity contribution in [2.24, 2.45) is 0 Å². The zero-order valence-electron chi connectivity index (χ0n) is 21.7. The van der Waals surface area contributed by atoms with Crippen molar-refractivity contribution in [3.8, 4) is 0 Å². The molecule has 5 nitrogen and oxygen atoms in total. The molecular formula is C32H34O5. The third-order valence-electron chi connectivity index (χ3n) is 6.40. The van der Waals surface area contributed by atoms with Gasteiger partial charge in [0.25, 0.3) is 0 Å². The van der Waals surface area contributed by atoms with Crippen LogP contribution >= 0.6 is 0 Å². The lowest BCUT2D eigenvalue weighted by Gasteiger charge is -2.27. The molecular weight excluding hydrogens is 464 g/mol. The van der Waals surface area contributed by atoms with Crippen molar-refractivity contribution in [2.45, 2.75) is 25.0 Å². The number of rotatable bonds is 8. The van der Waals surface area contributed by atoms with Crippen LogP contribution in [0.3, 0.4) is 0 Å². The fourth-order valence-electron chi connectivity index (χ4n) is 3.93. The molecule has 0 radical (unpaired) electrons. The zero-order valence-corrected chi connectivity index (χ0v) is 21.7. The van der Waals surface area contributed by atoms with Gasteiger partial charge in [0, 0.05) is 25.3 Å². The molecule has 0 amide bonds. The van der Waals surface area contributed by atoms with Crippen LogP contribution in [0.5, 0.6) is 0 Å². The molecule has 5 heteroatoms. The van der Waals surface area contributed by atoms with Gasteiger partial charge in [-0.3, -0.25) is 9.59 Å². The molecule has 0 saturated heterocycles. The van der Waals surface area contributed by atoms with Gasteiger partial charge in [-0.25, -0.2) is 0 Å². The Labute approximate surface area is 219 Å². The third kappa shape index (κ3) is 6.66. The van der Waals surface area contributed by atoms with Crippen LogP contribution in [0, 0.1) is 0 Å². The van der Waals surface area contributed by atoms with E-state index >= 15 is 0 Å². The number of benzene rings is 4. The van der Waals surface area contributed by atoms with Gasteiger partial charge in [-0.05, 0) is 25.0 Å². The quantitative estimate of drug-likeness (QED) is 0.277. The Balaban J connectivity index is 0.000000253. The second-order valence-corrected chi connectivity index (χ2v) is 8.60. The van der Waals surface area contributed by atoms with Crippen LogP contribution in [0.1, 0.15) is 45.7 Å². The maximum atomic E-state index is 12.6. The number of methoxy groups -OCH3 is 2. The predicted molar refractivity (Wildman–Crippen MR) is 147 cm³/mol. The molecule has 4 aromatic rings. The minimum absolute atomic E-state index is 0. The topological polar surface area (TPSA) is 84.1 Å². The average Bonchev–Trinajstić information content (AvgIpc) is 2.97. The first-order chi connectivity index (χ1) is 17.4.